The molecule has 0 heterocycles. The Morgan fingerprint density at radius 2 is 1.57 bits per heavy atom. The minimum atomic E-state index is -4.51. The van der Waals surface area contributed by atoms with Gasteiger partial charge in [-0.25, -0.2) is 0 Å². The molecule has 6 heteroatoms. The molecular weight excluding hydrogens is 309 g/mol. The van der Waals surface area contributed by atoms with E-state index in [1.807, 2.05) is 0 Å². The fourth-order valence-corrected chi connectivity index (χ4v) is 2.64. The first-order valence-electron chi connectivity index (χ1n) is 8.00. The zero-order chi connectivity index (χ0) is 17.5. The van der Waals surface area contributed by atoms with Crippen molar-refractivity contribution in [2.75, 3.05) is 0 Å². The third-order valence-corrected chi connectivity index (χ3v) is 3.93. The second kappa shape index (κ2) is 8.66. The Morgan fingerprint density at radius 1 is 0.957 bits per heavy atom. The van der Waals surface area contributed by atoms with Gasteiger partial charge in [0.25, 0.3) is 5.97 Å². The van der Waals surface area contributed by atoms with Crippen molar-refractivity contribution < 1.29 is 28.5 Å². The van der Waals surface area contributed by atoms with Gasteiger partial charge in [-0.2, -0.15) is 13.2 Å². The van der Waals surface area contributed by atoms with Gasteiger partial charge >= 0.3 is 6.18 Å². The number of alkyl halides is 3. The number of benzene rings is 1. The van der Waals surface area contributed by atoms with Crippen LogP contribution in [0.1, 0.15) is 68.9 Å². The molecule has 1 aromatic rings. The first-order valence-corrected chi connectivity index (χ1v) is 8.00. The van der Waals surface area contributed by atoms with Crippen molar-refractivity contribution in [3.63, 3.8) is 0 Å². The molecule has 0 aliphatic carbocycles. The molecule has 1 rings (SSSR count). The average Bonchev–Trinajstić information content (AvgIpc) is 2.44. The van der Waals surface area contributed by atoms with Gasteiger partial charge in [0, 0.05) is 0 Å². The molecule has 0 aliphatic heterocycles. The highest BCUT2D eigenvalue weighted by atomic mass is 19.4. The summed E-state index contributed by atoms with van der Waals surface area (Å²) >= 11 is 0. The average molecular weight is 334 g/mol. The quantitative estimate of drug-likeness (QED) is 0.469. The Morgan fingerprint density at radius 3 is 2.13 bits per heavy atom. The minimum absolute atomic E-state index is 0.0703. The molecule has 0 saturated heterocycles. The van der Waals surface area contributed by atoms with Gasteiger partial charge in [0.15, 0.2) is 0 Å². The molecule has 0 aromatic heterocycles. The Balaban J connectivity index is 2.75. The molecule has 0 spiro atoms. The lowest BCUT2D eigenvalue weighted by Crippen LogP contribution is -2.35. The normalized spacial score (nSPS) is 14.0. The number of hydrogen-bond donors (Lipinski definition) is 3. The molecule has 3 nitrogen and oxygen atoms in total. The van der Waals surface area contributed by atoms with E-state index in [9.17, 15) is 28.5 Å². The highest BCUT2D eigenvalue weighted by Crippen LogP contribution is 2.35. The summed E-state index contributed by atoms with van der Waals surface area (Å²) in [5.41, 5.74) is -0.798. The Bertz CT molecular complexity index is 467. The van der Waals surface area contributed by atoms with E-state index in [0.717, 1.165) is 44.2 Å². The van der Waals surface area contributed by atoms with Crippen LogP contribution in [0.2, 0.25) is 0 Å². The maximum atomic E-state index is 12.8. The number of rotatable bonds is 9. The van der Waals surface area contributed by atoms with Gasteiger partial charge in [-0.1, -0.05) is 63.6 Å². The molecule has 0 amide bonds. The topological polar surface area (TPSA) is 60.7 Å². The second-order valence-electron chi connectivity index (χ2n) is 5.92. The van der Waals surface area contributed by atoms with Crippen molar-refractivity contribution in [1.82, 2.24) is 0 Å². The fourth-order valence-electron chi connectivity index (χ4n) is 2.64. The maximum absolute atomic E-state index is 12.8. The van der Waals surface area contributed by atoms with Crippen LogP contribution in [0.3, 0.4) is 0 Å². The number of aliphatic hydroxyl groups is 3. The Hall–Kier alpha value is -1.11. The highest BCUT2D eigenvalue weighted by Gasteiger charge is 2.36. The van der Waals surface area contributed by atoms with E-state index in [2.05, 4.69) is 6.92 Å². The Labute approximate surface area is 134 Å². The third kappa shape index (κ3) is 6.89. The van der Waals surface area contributed by atoms with Crippen molar-refractivity contribution in [2.24, 2.45) is 0 Å². The summed E-state index contributed by atoms with van der Waals surface area (Å²) in [5.74, 6) is -4.20. The Kier molecular flexibility index (Phi) is 7.51. The number of unbranched alkanes of at least 4 members (excludes halogenated alkanes) is 5. The molecule has 1 unspecified atom stereocenters. The summed E-state index contributed by atoms with van der Waals surface area (Å²) in [4.78, 5) is 0. The lowest BCUT2D eigenvalue weighted by atomic mass is 9.89. The largest absolute Gasteiger partial charge is 0.416 e. The first kappa shape index (κ1) is 19.9. The van der Waals surface area contributed by atoms with Crippen molar-refractivity contribution >= 4 is 0 Å². The van der Waals surface area contributed by atoms with Gasteiger partial charge in [-0.05, 0) is 18.1 Å². The fraction of sp³-hybridized carbons (Fsp3) is 0.647. The summed E-state index contributed by atoms with van der Waals surface area (Å²) in [5, 5.41) is 28.5. The van der Waals surface area contributed by atoms with Crippen LogP contribution in [0.25, 0.3) is 0 Å². The summed E-state index contributed by atoms with van der Waals surface area (Å²) < 4.78 is 38.3. The van der Waals surface area contributed by atoms with Crippen LogP contribution in [0, 0.1) is 0 Å². The monoisotopic (exact) mass is 334 g/mol. The lowest BCUT2D eigenvalue weighted by molar-refractivity contribution is -0.326. The molecule has 0 aliphatic rings. The molecule has 1 atom stereocenters. The molecule has 0 radical (unpaired) electrons. The standard InChI is InChI=1S/C17H25F3O3/c1-2-3-4-5-6-7-11-15(17(21,22)23)13-9-8-10-14(12-13)16(18,19)20/h8-10,12,15,21-23H,2-7,11H2,1H3. The van der Waals surface area contributed by atoms with Gasteiger partial charge < -0.3 is 15.3 Å². The molecule has 3 N–H and O–H groups in total. The van der Waals surface area contributed by atoms with Crippen molar-refractivity contribution in [2.45, 2.75) is 69.9 Å². The highest BCUT2D eigenvalue weighted by molar-refractivity contribution is 5.29. The zero-order valence-electron chi connectivity index (χ0n) is 13.3. The van der Waals surface area contributed by atoms with Crippen molar-refractivity contribution in [1.29, 1.82) is 0 Å². The molecule has 0 fully saturated rings. The molecule has 132 valence electrons. The van der Waals surface area contributed by atoms with E-state index in [0.29, 0.717) is 6.42 Å². The molecule has 0 saturated carbocycles. The van der Waals surface area contributed by atoms with Crippen molar-refractivity contribution in [3.8, 4) is 0 Å². The van der Waals surface area contributed by atoms with Crippen LogP contribution < -0.4 is 0 Å². The summed E-state index contributed by atoms with van der Waals surface area (Å²) in [6.07, 6.45) is 1.44. The van der Waals surface area contributed by atoms with Crippen LogP contribution >= 0.6 is 0 Å². The SMILES string of the molecule is CCCCCCCCC(c1cccc(C(F)(F)F)c1)C(O)(O)O. The second-order valence-corrected chi connectivity index (χ2v) is 5.92. The summed E-state index contributed by atoms with van der Waals surface area (Å²) in [6.45, 7) is 2.10. The van der Waals surface area contributed by atoms with E-state index in [1.165, 1.54) is 12.1 Å². The van der Waals surface area contributed by atoms with Crippen LogP contribution in [0.4, 0.5) is 13.2 Å². The zero-order valence-corrected chi connectivity index (χ0v) is 13.3. The lowest BCUT2D eigenvalue weighted by Gasteiger charge is -2.27. The van der Waals surface area contributed by atoms with E-state index < -0.39 is 23.6 Å². The summed E-state index contributed by atoms with van der Waals surface area (Å²) in [6, 6.07) is 4.35. The van der Waals surface area contributed by atoms with E-state index in [1.54, 1.807) is 0 Å². The molecule has 0 bridgehead atoms. The van der Waals surface area contributed by atoms with E-state index in [4.69, 9.17) is 0 Å². The third-order valence-electron chi connectivity index (χ3n) is 3.93. The smallest absolute Gasteiger partial charge is 0.343 e. The van der Waals surface area contributed by atoms with Gasteiger partial charge in [0.1, 0.15) is 0 Å². The van der Waals surface area contributed by atoms with Gasteiger partial charge in [-0.15, -0.1) is 0 Å². The minimum Gasteiger partial charge on any atom is -0.343 e. The maximum Gasteiger partial charge on any atom is 0.416 e. The summed E-state index contributed by atoms with van der Waals surface area (Å²) in [7, 11) is 0. The van der Waals surface area contributed by atoms with Gasteiger partial charge in [0.05, 0.1) is 11.5 Å². The van der Waals surface area contributed by atoms with E-state index in [-0.39, 0.29) is 12.0 Å². The van der Waals surface area contributed by atoms with Crippen molar-refractivity contribution in [3.05, 3.63) is 35.4 Å². The first-order chi connectivity index (χ1) is 10.7. The predicted molar refractivity (Wildman–Crippen MR) is 81.6 cm³/mol. The molecule has 23 heavy (non-hydrogen) atoms. The number of hydrogen-bond acceptors (Lipinski definition) is 3. The predicted octanol–water partition coefficient (Wildman–Crippen LogP) is 4.17. The van der Waals surface area contributed by atoms with Crippen LogP contribution in [-0.2, 0) is 6.18 Å². The number of halogens is 3. The van der Waals surface area contributed by atoms with Gasteiger partial charge in [0.2, 0.25) is 0 Å². The van der Waals surface area contributed by atoms with E-state index >= 15 is 0 Å². The van der Waals surface area contributed by atoms with Crippen LogP contribution in [-0.4, -0.2) is 21.3 Å². The molecule has 1 aromatic carbocycles. The van der Waals surface area contributed by atoms with Crippen LogP contribution in [0.15, 0.2) is 24.3 Å². The van der Waals surface area contributed by atoms with Crippen LogP contribution in [0.5, 0.6) is 0 Å². The van der Waals surface area contributed by atoms with Gasteiger partial charge in [-0.3, -0.25) is 0 Å². The molecular formula is C17H25F3O3.